The van der Waals surface area contributed by atoms with E-state index >= 15 is 0 Å². The van der Waals surface area contributed by atoms with Crippen molar-refractivity contribution in [1.29, 1.82) is 0 Å². The average molecular weight is 564 g/mol. The van der Waals surface area contributed by atoms with Crippen LogP contribution in [0.1, 0.15) is 21.5 Å². The number of hydrogen-bond donors (Lipinski definition) is 4. The Morgan fingerprint density at radius 3 is 2.85 bits per heavy atom. The number of aromatic amines is 2. The SMILES string of the molecule is COc1cc2c(cc1-c1cn[nH]c1)-c1cc(C(=O)N[C@@H](CO)Cc3c[nH]c4ccccc34)c(-c3cccs3)n1CC2. The molecule has 9 heteroatoms. The van der Waals surface area contributed by atoms with Crippen LogP contribution in [0.25, 0.3) is 43.9 Å². The highest BCUT2D eigenvalue weighted by Gasteiger charge is 2.29. The minimum atomic E-state index is -0.431. The predicted octanol–water partition coefficient (Wildman–Crippen LogP) is 5.65. The second-order valence-electron chi connectivity index (χ2n) is 10.3. The van der Waals surface area contributed by atoms with Crippen LogP contribution in [0.2, 0.25) is 0 Å². The second-order valence-corrected chi connectivity index (χ2v) is 11.2. The summed E-state index contributed by atoms with van der Waals surface area (Å²) in [6.07, 6.45) is 6.93. The molecule has 0 bridgehead atoms. The zero-order valence-electron chi connectivity index (χ0n) is 22.5. The van der Waals surface area contributed by atoms with E-state index < -0.39 is 6.04 Å². The van der Waals surface area contributed by atoms with E-state index in [4.69, 9.17) is 4.74 Å². The van der Waals surface area contributed by atoms with Gasteiger partial charge in [0.15, 0.2) is 0 Å². The molecular weight excluding hydrogens is 534 g/mol. The van der Waals surface area contributed by atoms with Crippen molar-refractivity contribution in [3.05, 3.63) is 95.3 Å². The first-order valence-corrected chi connectivity index (χ1v) is 14.5. The third kappa shape index (κ3) is 4.43. The first kappa shape index (κ1) is 25.4. The first-order chi connectivity index (χ1) is 20.1. The molecule has 41 heavy (non-hydrogen) atoms. The van der Waals surface area contributed by atoms with E-state index in [-0.39, 0.29) is 12.5 Å². The maximum Gasteiger partial charge on any atom is 0.253 e. The predicted molar refractivity (Wildman–Crippen MR) is 161 cm³/mol. The van der Waals surface area contributed by atoms with E-state index in [1.165, 1.54) is 5.56 Å². The number of rotatable bonds is 8. The number of benzene rings is 2. The Labute approximate surface area is 240 Å². The third-order valence-corrected chi connectivity index (χ3v) is 8.78. The minimum absolute atomic E-state index is 0.163. The summed E-state index contributed by atoms with van der Waals surface area (Å²) >= 11 is 1.62. The average Bonchev–Trinajstić information content (AvgIpc) is 3.82. The fourth-order valence-corrected chi connectivity index (χ4v) is 6.73. The molecule has 4 aromatic heterocycles. The molecule has 2 aromatic carbocycles. The Morgan fingerprint density at radius 1 is 1.17 bits per heavy atom. The van der Waals surface area contributed by atoms with Crippen molar-refractivity contribution in [3.8, 4) is 38.7 Å². The molecule has 0 spiro atoms. The van der Waals surface area contributed by atoms with Gasteiger partial charge in [-0.05, 0) is 59.7 Å². The Kier molecular flexibility index (Phi) is 6.45. The molecule has 1 amide bonds. The number of para-hydroxylation sites is 1. The summed E-state index contributed by atoms with van der Waals surface area (Å²) in [7, 11) is 1.68. The highest BCUT2D eigenvalue weighted by atomic mass is 32.1. The van der Waals surface area contributed by atoms with E-state index in [2.05, 4.69) is 49.3 Å². The number of carbonyl (C=O) groups is 1. The van der Waals surface area contributed by atoms with Gasteiger partial charge in [-0.3, -0.25) is 9.89 Å². The van der Waals surface area contributed by atoms with Crippen LogP contribution in [0.4, 0.5) is 0 Å². The van der Waals surface area contributed by atoms with Gasteiger partial charge in [-0.25, -0.2) is 0 Å². The van der Waals surface area contributed by atoms with Crippen molar-refractivity contribution in [2.24, 2.45) is 0 Å². The number of aromatic nitrogens is 4. The number of amides is 1. The summed E-state index contributed by atoms with van der Waals surface area (Å²) in [5, 5.41) is 23.5. The van der Waals surface area contributed by atoms with Gasteiger partial charge >= 0.3 is 0 Å². The topological polar surface area (TPSA) is 108 Å². The van der Waals surface area contributed by atoms with E-state index in [0.717, 1.165) is 68.1 Å². The van der Waals surface area contributed by atoms with E-state index in [1.54, 1.807) is 24.6 Å². The smallest absolute Gasteiger partial charge is 0.253 e. The zero-order valence-corrected chi connectivity index (χ0v) is 23.3. The van der Waals surface area contributed by atoms with Gasteiger partial charge in [0.25, 0.3) is 5.91 Å². The highest BCUT2D eigenvalue weighted by Crippen LogP contribution is 2.43. The van der Waals surface area contributed by atoms with Crippen molar-refractivity contribution in [2.45, 2.75) is 25.4 Å². The Balaban J connectivity index is 1.28. The van der Waals surface area contributed by atoms with Gasteiger partial charge in [0.1, 0.15) is 5.75 Å². The molecule has 4 N–H and O–H groups in total. The third-order valence-electron chi connectivity index (χ3n) is 7.91. The van der Waals surface area contributed by atoms with Crippen LogP contribution in [-0.4, -0.2) is 50.5 Å². The molecule has 0 saturated heterocycles. The summed E-state index contributed by atoms with van der Waals surface area (Å²) in [4.78, 5) is 18.3. The first-order valence-electron chi connectivity index (χ1n) is 13.6. The van der Waals surface area contributed by atoms with Crippen molar-refractivity contribution >= 4 is 28.1 Å². The van der Waals surface area contributed by atoms with Crippen LogP contribution in [0, 0.1) is 0 Å². The lowest BCUT2D eigenvalue weighted by atomic mass is 9.93. The standard InChI is InChI=1S/C32H29N5O3S/c1-40-29-12-19-8-9-37-28(24(19)13-25(29)21-16-34-35-17-21)14-26(31(37)30-7-4-10-41-30)32(39)36-22(18-38)11-20-15-33-27-6-3-2-5-23(20)27/h2-7,10,12-17,22,33,38H,8-9,11,18H2,1H3,(H,34,35)(H,36,39)/t22-/m1/s1. The van der Waals surface area contributed by atoms with Crippen LogP contribution >= 0.6 is 11.3 Å². The molecular formula is C32H29N5O3S. The highest BCUT2D eigenvalue weighted by molar-refractivity contribution is 7.13. The molecule has 1 aliphatic heterocycles. The summed E-state index contributed by atoms with van der Waals surface area (Å²) in [5.41, 5.74) is 8.73. The summed E-state index contributed by atoms with van der Waals surface area (Å²) < 4.78 is 7.99. The molecule has 0 fully saturated rings. The van der Waals surface area contributed by atoms with Crippen LogP contribution in [0.5, 0.6) is 5.75 Å². The molecule has 7 rings (SSSR count). The van der Waals surface area contributed by atoms with Crippen LogP contribution < -0.4 is 10.1 Å². The molecule has 8 nitrogen and oxygen atoms in total. The number of nitrogens with zero attached hydrogens (tertiary/aromatic N) is 2. The number of carbonyl (C=O) groups excluding carboxylic acids is 1. The fourth-order valence-electron chi connectivity index (χ4n) is 5.94. The molecule has 6 aromatic rings. The molecule has 1 aliphatic rings. The fraction of sp³-hybridized carbons (Fsp3) is 0.188. The minimum Gasteiger partial charge on any atom is -0.496 e. The summed E-state index contributed by atoms with van der Waals surface area (Å²) in [6.45, 7) is 0.583. The molecule has 0 aliphatic carbocycles. The van der Waals surface area contributed by atoms with Crippen molar-refractivity contribution < 1.29 is 14.6 Å². The molecule has 0 saturated carbocycles. The summed E-state index contributed by atoms with van der Waals surface area (Å²) in [5.74, 6) is 0.601. The quantitative estimate of drug-likeness (QED) is 0.192. The number of aryl methyl sites for hydroxylation is 1. The lowest BCUT2D eigenvalue weighted by Gasteiger charge is -2.23. The van der Waals surface area contributed by atoms with Crippen LogP contribution in [0.15, 0.2) is 78.6 Å². The number of thiophene rings is 1. The molecule has 206 valence electrons. The second kappa shape index (κ2) is 10.4. The van der Waals surface area contributed by atoms with Gasteiger partial charge in [-0.1, -0.05) is 24.3 Å². The van der Waals surface area contributed by atoms with E-state index in [1.807, 2.05) is 48.1 Å². The molecule has 5 heterocycles. The molecule has 0 radical (unpaired) electrons. The Hall–Kier alpha value is -4.60. The van der Waals surface area contributed by atoms with E-state index in [9.17, 15) is 9.90 Å². The Bertz CT molecular complexity index is 1850. The number of methoxy groups -OCH3 is 1. The molecule has 1 atom stereocenters. The van der Waals surface area contributed by atoms with Crippen LogP contribution in [0.3, 0.4) is 0 Å². The molecule has 0 unspecified atom stereocenters. The van der Waals surface area contributed by atoms with Gasteiger partial charge in [-0.15, -0.1) is 11.3 Å². The number of fused-ring (bicyclic) bond motifs is 4. The normalized spacial score (nSPS) is 13.1. The van der Waals surface area contributed by atoms with Crippen molar-refractivity contribution in [2.75, 3.05) is 13.7 Å². The number of nitrogens with one attached hydrogen (secondary N) is 3. The van der Waals surface area contributed by atoms with Gasteiger partial charge in [0.2, 0.25) is 0 Å². The Morgan fingerprint density at radius 2 is 2.07 bits per heavy atom. The number of H-pyrrole nitrogens is 2. The van der Waals surface area contributed by atoms with Gasteiger partial charge in [0.05, 0.1) is 42.1 Å². The zero-order chi connectivity index (χ0) is 27.9. The van der Waals surface area contributed by atoms with E-state index in [0.29, 0.717) is 12.0 Å². The van der Waals surface area contributed by atoms with Gasteiger partial charge in [-0.2, -0.15) is 5.10 Å². The van der Waals surface area contributed by atoms with Crippen LogP contribution in [-0.2, 0) is 19.4 Å². The monoisotopic (exact) mass is 563 g/mol. The van der Waals surface area contributed by atoms with Gasteiger partial charge in [0, 0.05) is 52.2 Å². The number of aliphatic hydroxyl groups is 1. The maximum absolute atomic E-state index is 13.9. The largest absolute Gasteiger partial charge is 0.496 e. The number of hydrogen-bond acceptors (Lipinski definition) is 5. The summed E-state index contributed by atoms with van der Waals surface area (Å²) in [6, 6.07) is 17.9. The van der Waals surface area contributed by atoms with Crippen molar-refractivity contribution in [3.63, 3.8) is 0 Å². The number of aliphatic hydroxyl groups excluding tert-OH is 1. The lowest BCUT2D eigenvalue weighted by Crippen LogP contribution is -2.39. The lowest BCUT2D eigenvalue weighted by molar-refractivity contribution is 0.0917. The van der Waals surface area contributed by atoms with Gasteiger partial charge < -0.3 is 24.7 Å². The maximum atomic E-state index is 13.9. The number of ether oxygens (including phenoxy) is 1. The van der Waals surface area contributed by atoms with Crippen molar-refractivity contribution in [1.82, 2.24) is 25.1 Å².